The number of hydrogen-bond acceptors (Lipinski definition) is 5. The van der Waals surface area contributed by atoms with Crippen LogP contribution >= 0.6 is 0 Å². The number of rotatable bonds is 8. The molecule has 0 unspecified atom stereocenters. The van der Waals surface area contributed by atoms with E-state index in [1.165, 1.54) is 36.5 Å². The zero-order valence-electron chi connectivity index (χ0n) is 17.0. The van der Waals surface area contributed by atoms with Gasteiger partial charge in [-0.2, -0.15) is 5.10 Å². The van der Waals surface area contributed by atoms with Gasteiger partial charge in [0, 0.05) is 17.8 Å². The SMILES string of the molecule is COc1cc(OCC2CCC2)ncc1-c1cc(C(N)=O)nn1Cc1c(F)cccc1F. The van der Waals surface area contributed by atoms with Crippen molar-refractivity contribution in [2.24, 2.45) is 11.7 Å². The van der Waals surface area contributed by atoms with E-state index in [1.54, 1.807) is 6.07 Å². The Morgan fingerprint density at radius 3 is 2.61 bits per heavy atom. The predicted octanol–water partition coefficient (Wildman–Crippen LogP) is 3.56. The third-order valence-electron chi connectivity index (χ3n) is 5.43. The Morgan fingerprint density at radius 2 is 2.00 bits per heavy atom. The second kappa shape index (κ2) is 8.71. The van der Waals surface area contributed by atoms with E-state index in [-0.39, 0.29) is 17.8 Å². The lowest BCUT2D eigenvalue weighted by atomic mass is 9.86. The van der Waals surface area contributed by atoms with Crippen molar-refractivity contribution in [3.8, 4) is 22.9 Å². The average molecular weight is 428 g/mol. The number of methoxy groups -OCH3 is 1. The Morgan fingerprint density at radius 1 is 1.26 bits per heavy atom. The van der Waals surface area contributed by atoms with Crippen molar-refractivity contribution in [1.82, 2.24) is 14.8 Å². The molecule has 2 aromatic heterocycles. The summed E-state index contributed by atoms with van der Waals surface area (Å²) in [7, 11) is 1.49. The summed E-state index contributed by atoms with van der Waals surface area (Å²) in [5.41, 5.74) is 6.01. The molecule has 0 atom stereocenters. The number of halogens is 2. The molecule has 0 spiro atoms. The number of amides is 1. The minimum atomic E-state index is -0.763. The molecular formula is C22H22F2N4O3. The maximum atomic E-state index is 14.2. The first-order chi connectivity index (χ1) is 15.0. The third kappa shape index (κ3) is 4.35. The van der Waals surface area contributed by atoms with E-state index >= 15 is 0 Å². The van der Waals surface area contributed by atoms with Gasteiger partial charge in [0.05, 0.1) is 31.5 Å². The van der Waals surface area contributed by atoms with Crippen molar-refractivity contribution >= 4 is 5.91 Å². The second-order valence-corrected chi connectivity index (χ2v) is 7.47. The van der Waals surface area contributed by atoms with Gasteiger partial charge < -0.3 is 15.2 Å². The molecule has 1 saturated carbocycles. The molecule has 4 rings (SSSR count). The molecule has 2 heterocycles. The molecule has 0 bridgehead atoms. The van der Waals surface area contributed by atoms with Crippen LogP contribution in [0.15, 0.2) is 36.5 Å². The van der Waals surface area contributed by atoms with Crippen LogP contribution in [0.2, 0.25) is 0 Å². The molecule has 1 amide bonds. The number of benzene rings is 1. The summed E-state index contributed by atoms with van der Waals surface area (Å²) >= 11 is 0. The van der Waals surface area contributed by atoms with Crippen LogP contribution in [0.1, 0.15) is 35.3 Å². The molecule has 162 valence electrons. The van der Waals surface area contributed by atoms with Gasteiger partial charge in [0.25, 0.3) is 5.91 Å². The zero-order chi connectivity index (χ0) is 22.0. The molecule has 0 radical (unpaired) electrons. The van der Waals surface area contributed by atoms with Crippen molar-refractivity contribution in [1.29, 1.82) is 0 Å². The van der Waals surface area contributed by atoms with Crippen LogP contribution < -0.4 is 15.2 Å². The van der Waals surface area contributed by atoms with Gasteiger partial charge in [-0.3, -0.25) is 9.48 Å². The first kappa shape index (κ1) is 20.8. The van der Waals surface area contributed by atoms with Gasteiger partial charge in [0.15, 0.2) is 5.69 Å². The van der Waals surface area contributed by atoms with E-state index in [9.17, 15) is 13.6 Å². The Kier molecular flexibility index (Phi) is 5.83. The fourth-order valence-corrected chi connectivity index (χ4v) is 3.43. The van der Waals surface area contributed by atoms with Crippen LogP contribution in [0.25, 0.3) is 11.3 Å². The van der Waals surface area contributed by atoms with Gasteiger partial charge in [-0.05, 0) is 37.0 Å². The number of ether oxygens (including phenoxy) is 2. The number of aromatic nitrogens is 3. The highest BCUT2D eigenvalue weighted by Gasteiger charge is 2.21. The van der Waals surface area contributed by atoms with E-state index in [4.69, 9.17) is 15.2 Å². The minimum Gasteiger partial charge on any atom is -0.496 e. The van der Waals surface area contributed by atoms with Crippen molar-refractivity contribution in [2.45, 2.75) is 25.8 Å². The van der Waals surface area contributed by atoms with Crippen molar-refractivity contribution in [3.05, 3.63) is 59.4 Å². The fraction of sp³-hybridized carbons (Fsp3) is 0.318. The Bertz CT molecular complexity index is 1090. The van der Waals surface area contributed by atoms with Crippen LogP contribution in [0.3, 0.4) is 0 Å². The number of nitrogens with zero attached hydrogens (tertiary/aromatic N) is 3. The number of hydrogen-bond donors (Lipinski definition) is 1. The van der Waals surface area contributed by atoms with Crippen LogP contribution in [0.5, 0.6) is 11.6 Å². The van der Waals surface area contributed by atoms with Gasteiger partial charge in [-0.25, -0.2) is 13.8 Å². The fourth-order valence-electron chi connectivity index (χ4n) is 3.43. The van der Waals surface area contributed by atoms with Crippen LogP contribution in [-0.2, 0) is 6.54 Å². The molecule has 0 aliphatic heterocycles. The van der Waals surface area contributed by atoms with Gasteiger partial charge in [-0.1, -0.05) is 12.5 Å². The monoisotopic (exact) mass is 428 g/mol. The maximum absolute atomic E-state index is 14.2. The third-order valence-corrected chi connectivity index (χ3v) is 5.43. The number of carbonyl (C=O) groups is 1. The lowest BCUT2D eigenvalue weighted by Gasteiger charge is -2.24. The number of carbonyl (C=O) groups excluding carboxylic acids is 1. The quantitative estimate of drug-likeness (QED) is 0.592. The molecule has 9 heteroatoms. The van der Waals surface area contributed by atoms with Crippen LogP contribution in [0.4, 0.5) is 8.78 Å². The van der Waals surface area contributed by atoms with E-state index in [1.807, 2.05) is 0 Å². The first-order valence-electron chi connectivity index (χ1n) is 9.94. The summed E-state index contributed by atoms with van der Waals surface area (Å²) in [5.74, 6) is -0.818. The Balaban J connectivity index is 1.70. The van der Waals surface area contributed by atoms with Crippen molar-refractivity contribution in [2.75, 3.05) is 13.7 Å². The van der Waals surface area contributed by atoms with Crippen LogP contribution in [-0.4, -0.2) is 34.4 Å². The van der Waals surface area contributed by atoms with Gasteiger partial charge >= 0.3 is 0 Å². The summed E-state index contributed by atoms with van der Waals surface area (Å²) in [6.45, 7) is 0.343. The second-order valence-electron chi connectivity index (χ2n) is 7.47. The molecule has 1 fully saturated rings. The van der Waals surface area contributed by atoms with Crippen molar-refractivity contribution in [3.63, 3.8) is 0 Å². The molecule has 0 saturated heterocycles. The molecule has 1 aliphatic rings. The summed E-state index contributed by atoms with van der Waals surface area (Å²) in [5, 5.41) is 4.13. The zero-order valence-corrected chi connectivity index (χ0v) is 17.0. The maximum Gasteiger partial charge on any atom is 0.269 e. The van der Waals surface area contributed by atoms with E-state index in [0.717, 1.165) is 25.0 Å². The molecule has 3 aromatic rings. The summed E-state index contributed by atoms with van der Waals surface area (Å²) in [6, 6.07) is 6.68. The molecule has 1 aromatic carbocycles. The lowest BCUT2D eigenvalue weighted by Crippen LogP contribution is -2.19. The largest absolute Gasteiger partial charge is 0.496 e. The highest BCUT2D eigenvalue weighted by Crippen LogP contribution is 2.34. The number of primary amides is 1. The molecule has 1 aliphatic carbocycles. The van der Waals surface area contributed by atoms with E-state index < -0.39 is 17.5 Å². The summed E-state index contributed by atoms with van der Waals surface area (Å²) < 4.78 is 40.9. The highest BCUT2D eigenvalue weighted by atomic mass is 19.1. The summed E-state index contributed by atoms with van der Waals surface area (Å²) in [4.78, 5) is 16.0. The molecule has 31 heavy (non-hydrogen) atoms. The average Bonchev–Trinajstić information content (AvgIpc) is 3.13. The normalized spacial score (nSPS) is 13.6. The van der Waals surface area contributed by atoms with Crippen LogP contribution in [0, 0.1) is 17.6 Å². The minimum absolute atomic E-state index is 0.0425. The van der Waals surface area contributed by atoms with E-state index in [2.05, 4.69) is 10.1 Å². The Hall–Kier alpha value is -3.49. The predicted molar refractivity (Wildman–Crippen MR) is 109 cm³/mol. The molecular weight excluding hydrogens is 406 g/mol. The summed E-state index contributed by atoms with van der Waals surface area (Å²) in [6.07, 6.45) is 5.04. The molecule has 2 N–H and O–H groups in total. The number of nitrogens with two attached hydrogens (primary N) is 1. The standard InChI is InChI=1S/C22H22F2N4O3/c1-30-20-9-21(31-12-13-4-2-5-13)26-10-14(20)19-8-18(22(25)29)27-28(19)11-15-16(23)6-3-7-17(15)24/h3,6-10,13H,2,4-5,11-12H2,1H3,(H2,25,29). The topological polar surface area (TPSA) is 92.3 Å². The van der Waals surface area contributed by atoms with Gasteiger partial charge in [0.1, 0.15) is 17.4 Å². The first-order valence-corrected chi connectivity index (χ1v) is 9.94. The molecule has 7 nitrogen and oxygen atoms in total. The van der Waals surface area contributed by atoms with E-state index in [0.29, 0.717) is 35.4 Å². The highest BCUT2D eigenvalue weighted by molar-refractivity contribution is 5.92. The van der Waals surface area contributed by atoms with Gasteiger partial charge in [-0.15, -0.1) is 0 Å². The smallest absolute Gasteiger partial charge is 0.269 e. The number of pyridine rings is 1. The van der Waals surface area contributed by atoms with Gasteiger partial charge in [0.2, 0.25) is 5.88 Å². The lowest BCUT2D eigenvalue weighted by molar-refractivity contribution is 0.0995. The van der Waals surface area contributed by atoms with Crippen molar-refractivity contribution < 1.29 is 23.0 Å². The Labute approximate surface area is 177 Å².